The number of benzene rings is 1. The van der Waals surface area contributed by atoms with Gasteiger partial charge in [-0.05, 0) is 47.0 Å². The third-order valence-corrected chi connectivity index (χ3v) is 4.96. The number of nitrogens with zero attached hydrogens (tertiary/aromatic N) is 5. The molecule has 27 heavy (non-hydrogen) atoms. The standard InChI is InChI=1S/C18H23BrN6O2/c1-24(2)17-21-15(22-18(23-17)25-8-4-5-9-25)11-20-16(26)13-10-12(27-3)6-7-14(13)19/h6-7,10H,4-5,8-9,11H2,1-3H3,(H,20,26). The van der Waals surface area contributed by atoms with Gasteiger partial charge in [0.25, 0.3) is 5.91 Å². The van der Waals surface area contributed by atoms with Crippen LogP contribution in [0, 0.1) is 0 Å². The molecule has 8 nitrogen and oxygen atoms in total. The number of ether oxygens (including phenoxy) is 1. The first-order valence-corrected chi connectivity index (χ1v) is 9.56. The molecule has 3 rings (SSSR count). The summed E-state index contributed by atoms with van der Waals surface area (Å²) in [7, 11) is 5.34. The maximum Gasteiger partial charge on any atom is 0.252 e. The lowest BCUT2D eigenvalue weighted by Gasteiger charge is -2.19. The minimum atomic E-state index is -0.227. The largest absolute Gasteiger partial charge is 0.497 e. The fourth-order valence-corrected chi connectivity index (χ4v) is 3.22. The Hall–Kier alpha value is -2.42. The van der Waals surface area contributed by atoms with Crippen LogP contribution in [0.3, 0.4) is 0 Å². The number of amides is 1. The van der Waals surface area contributed by atoms with E-state index in [1.807, 2.05) is 19.0 Å². The first-order chi connectivity index (χ1) is 13.0. The van der Waals surface area contributed by atoms with E-state index in [0.717, 1.165) is 25.9 Å². The van der Waals surface area contributed by atoms with E-state index in [1.165, 1.54) is 0 Å². The normalized spacial score (nSPS) is 13.6. The third-order valence-electron chi connectivity index (χ3n) is 4.27. The molecule has 0 bridgehead atoms. The maximum absolute atomic E-state index is 12.6. The van der Waals surface area contributed by atoms with Crippen LogP contribution < -0.4 is 19.9 Å². The molecule has 2 aromatic rings. The van der Waals surface area contributed by atoms with E-state index in [0.29, 0.717) is 33.5 Å². The summed E-state index contributed by atoms with van der Waals surface area (Å²) in [6.07, 6.45) is 2.28. The second kappa shape index (κ2) is 8.51. The topological polar surface area (TPSA) is 83.5 Å². The molecule has 1 N–H and O–H groups in total. The molecule has 0 atom stereocenters. The summed E-state index contributed by atoms with van der Waals surface area (Å²) >= 11 is 3.40. The molecular formula is C18H23BrN6O2. The second-order valence-electron chi connectivity index (χ2n) is 6.47. The van der Waals surface area contributed by atoms with E-state index < -0.39 is 0 Å². The zero-order chi connectivity index (χ0) is 19.4. The first kappa shape index (κ1) is 19.3. The molecule has 1 aliphatic rings. The van der Waals surface area contributed by atoms with E-state index in [-0.39, 0.29) is 12.5 Å². The van der Waals surface area contributed by atoms with Crippen molar-refractivity contribution in [3.8, 4) is 5.75 Å². The Morgan fingerprint density at radius 2 is 2.00 bits per heavy atom. The molecule has 0 saturated carbocycles. The third kappa shape index (κ3) is 4.65. The van der Waals surface area contributed by atoms with Crippen molar-refractivity contribution in [2.75, 3.05) is 44.1 Å². The van der Waals surface area contributed by atoms with Crippen LogP contribution in [0.4, 0.5) is 11.9 Å². The molecule has 0 unspecified atom stereocenters. The summed E-state index contributed by atoms with van der Waals surface area (Å²) in [5, 5.41) is 2.88. The summed E-state index contributed by atoms with van der Waals surface area (Å²) in [4.78, 5) is 30.1. The van der Waals surface area contributed by atoms with Crippen LogP contribution in [0.2, 0.25) is 0 Å². The Morgan fingerprint density at radius 1 is 1.26 bits per heavy atom. The summed E-state index contributed by atoms with van der Waals surface area (Å²) in [6.45, 7) is 2.10. The Morgan fingerprint density at radius 3 is 2.67 bits per heavy atom. The van der Waals surface area contributed by atoms with E-state index in [1.54, 1.807) is 25.3 Å². The molecule has 9 heteroatoms. The van der Waals surface area contributed by atoms with Gasteiger partial charge >= 0.3 is 0 Å². The van der Waals surface area contributed by atoms with Gasteiger partial charge in [-0.25, -0.2) is 0 Å². The fraction of sp³-hybridized carbons (Fsp3) is 0.444. The molecular weight excluding hydrogens is 412 g/mol. The van der Waals surface area contributed by atoms with Crippen molar-refractivity contribution in [3.63, 3.8) is 0 Å². The SMILES string of the molecule is COc1ccc(Br)c(C(=O)NCc2nc(N(C)C)nc(N3CCCC3)n2)c1. The lowest BCUT2D eigenvalue weighted by atomic mass is 10.2. The lowest BCUT2D eigenvalue weighted by Crippen LogP contribution is -2.27. The number of aromatic nitrogens is 3. The van der Waals surface area contributed by atoms with Crippen LogP contribution in [0.25, 0.3) is 0 Å². The van der Waals surface area contributed by atoms with Gasteiger partial charge in [-0.2, -0.15) is 15.0 Å². The van der Waals surface area contributed by atoms with Crippen molar-refractivity contribution in [3.05, 3.63) is 34.1 Å². The van der Waals surface area contributed by atoms with Crippen LogP contribution in [0.5, 0.6) is 5.75 Å². The van der Waals surface area contributed by atoms with Gasteiger partial charge in [-0.15, -0.1) is 0 Å². The monoisotopic (exact) mass is 434 g/mol. The number of carbonyl (C=O) groups excluding carboxylic acids is 1. The number of halogens is 1. The molecule has 0 radical (unpaired) electrons. The maximum atomic E-state index is 12.6. The van der Waals surface area contributed by atoms with Crippen LogP contribution in [-0.2, 0) is 6.54 Å². The van der Waals surface area contributed by atoms with Crippen LogP contribution in [-0.4, -0.2) is 55.2 Å². The minimum absolute atomic E-state index is 0.215. The van der Waals surface area contributed by atoms with Crippen molar-refractivity contribution >= 4 is 33.7 Å². The number of anilines is 2. The quantitative estimate of drug-likeness (QED) is 0.745. The Balaban J connectivity index is 1.77. The van der Waals surface area contributed by atoms with Gasteiger partial charge in [0.2, 0.25) is 11.9 Å². The molecule has 0 spiro atoms. The van der Waals surface area contributed by atoms with E-state index in [4.69, 9.17) is 4.74 Å². The number of carbonyl (C=O) groups is 1. The number of nitrogens with one attached hydrogen (secondary N) is 1. The summed E-state index contributed by atoms with van der Waals surface area (Å²) < 4.78 is 5.89. The molecule has 1 aromatic heterocycles. The first-order valence-electron chi connectivity index (χ1n) is 8.77. The zero-order valence-corrected chi connectivity index (χ0v) is 17.3. The lowest BCUT2D eigenvalue weighted by molar-refractivity contribution is 0.0948. The number of hydrogen-bond acceptors (Lipinski definition) is 7. The zero-order valence-electron chi connectivity index (χ0n) is 15.7. The van der Waals surface area contributed by atoms with Crippen LogP contribution >= 0.6 is 15.9 Å². The number of methoxy groups -OCH3 is 1. The Kier molecular flexibility index (Phi) is 6.10. The molecule has 1 saturated heterocycles. The van der Waals surface area contributed by atoms with Gasteiger partial charge in [0.15, 0.2) is 5.82 Å². The molecule has 1 aliphatic heterocycles. The number of rotatable bonds is 6. The molecule has 144 valence electrons. The summed E-state index contributed by atoms with van der Waals surface area (Å²) in [6, 6.07) is 5.26. The smallest absolute Gasteiger partial charge is 0.252 e. The van der Waals surface area contributed by atoms with Crippen LogP contribution in [0.1, 0.15) is 29.0 Å². The predicted octanol–water partition coefficient (Wildman–Crippen LogP) is 2.24. The van der Waals surface area contributed by atoms with Gasteiger partial charge in [0, 0.05) is 31.7 Å². The highest BCUT2D eigenvalue weighted by Crippen LogP contribution is 2.22. The average molecular weight is 435 g/mol. The highest BCUT2D eigenvalue weighted by atomic mass is 79.9. The van der Waals surface area contributed by atoms with Gasteiger partial charge in [0.05, 0.1) is 19.2 Å². The summed E-state index contributed by atoms with van der Waals surface area (Å²) in [5.74, 6) is 2.17. The fourth-order valence-electron chi connectivity index (χ4n) is 2.79. The molecule has 1 aromatic carbocycles. The molecule has 0 aliphatic carbocycles. The number of hydrogen-bond donors (Lipinski definition) is 1. The minimum Gasteiger partial charge on any atom is -0.497 e. The van der Waals surface area contributed by atoms with Crippen molar-refractivity contribution in [1.29, 1.82) is 0 Å². The van der Waals surface area contributed by atoms with Gasteiger partial charge in [-0.1, -0.05) is 0 Å². The van der Waals surface area contributed by atoms with Crippen molar-refractivity contribution in [2.24, 2.45) is 0 Å². The average Bonchev–Trinajstić information content (AvgIpc) is 3.21. The predicted molar refractivity (Wildman–Crippen MR) is 107 cm³/mol. The molecule has 1 fully saturated rings. The van der Waals surface area contributed by atoms with E-state index >= 15 is 0 Å². The second-order valence-corrected chi connectivity index (χ2v) is 7.32. The molecule has 1 amide bonds. The van der Waals surface area contributed by atoms with Crippen molar-refractivity contribution in [1.82, 2.24) is 20.3 Å². The van der Waals surface area contributed by atoms with Crippen molar-refractivity contribution in [2.45, 2.75) is 19.4 Å². The van der Waals surface area contributed by atoms with Gasteiger partial charge < -0.3 is 19.9 Å². The van der Waals surface area contributed by atoms with Crippen LogP contribution in [0.15, 0.2) is 22.7 Å². The highest BCUT2D eigenvalue weighted by molar-refractivity contribution is 9.10. The van der Waals surface area contributed by atoms with E-state index in [2.05, 4.69) is 41.1 Å². The Bertz CT molecular complexity index is 823. The van der Waals surface area contributed by atoms with E-state index in [9.17, 15) is 4.79 Å². The van der Waals surface area contributed by atoms with Crippen molar-refractivity contribution < 1.29 is 9.53 Å². The van der Waals surface area contributed by atoms with Gasteiger partial charge in [0.1, 0.15) is 5.75 Å². The molecule has 2 heterocycles. The van der Waals surface area contributed by atoms with Gasteiger partial charge in [-0.3, -0.25) is 4.79 Å². The highest BCUT2D eigenvalue weighted by Gasteiger charge is 2.19. The summed E-state index contributed by atoms with van der Waals surface area (Å²) in [5.41, 5.74) is 0.496. The Labute approximate surface area is 167 Å².